The lowest BCUT2D eigenvalue weighted by atomic mass is 10.2. The Morgan fingerprint density at radius 1 is 1.30 bits per heavy atom. The second kappa shape index (κ2) is 6.75. The molecule has 0 unspecified atom stereocenters. The van der Waals surface area contributed by atoms with Crippen molar-refractivity contribution < 1.29 is 4.79 Å². The van der Waals surface area contributed by atoms with Crippen LogP contribution in [0.25, 0.3) is 0 Å². The summed E-state index contributed by atoms with van der Waals surface area (Å²) >= 11 is 0. The zero-order valence-electron chi connectivity index (χ0n) is 11.9. The second-order valence-corrected chi connectivity index (χ2v) is 4.64. The Balaban J connectivity index is 1.82. The lowest BCUT2D eigenvalue weighted by molar-refractivity contribution is 0.0954. The lowest BCUT2D eigenvalue weighted by Crippen LogP contribution is -2.25. The van der Waals surface area contributed by atoms with Gasteiger partial charge in [0.15, 0.2) is 0 Å². The van der Waals surface area contributed by atoms with Crippen molar-refractivity contribution in [1.82, 2.24) is 15.1 Å². The molecule has 5 nitrogen and oxygen atoms in total. The van der Waals surface area contributed by atoms with Crippen LogP contribution in [0.15, 0.2) is 36.7 Å². The number of nitrogens with zero attached hydrogens (tertiary/aromatic N) is 2. The monoisotopic (exact) mass is 272 g/mol. The van der Waals surface area contributed by atoms with Crippen molar-refractivity contribution in [1.29, 1.82) is 0 Å². The van der Waals surface area contributed by atoms with E-state index in [4.69, 9.17) is 0 Å². The first-order chi connectivity index (χ1) is 9.69. The number of anilines is 1. The zero-order chi connectivity index (χ0) is 14.4. The van der Waals surface area contributed by atoms with Gasteiger partial charge in [-0.2, -0.15) is 5.10 Å². The van der Waals surface area contributed by atoms with Crippen molar-refractivity contribution in [3.63, 3.8) is 0 Å². The number of hydrogen-bond donors (Lipinski definition) is 2. The average molecular weight is 272 g/mol. The Morgan fingerprint density at radius 2 is 2.05 bits per heavy atom. The third-order valence-electron chi connectivity index (χ3n) is 2.99. The van der Waals surface area contributed by atoms with E-state index in [2.05, 4.69) is 15.7 Å². The maximum absolute atomic E-state index is 12.0. The van der Waals surface area contributed by atoms with E-state index in [-0.39, 0.29) is 5.91 Å². The summed E-state index contributed by atoms with van der Waals surface area (Å²) in [5.41, 5.74) is 2.83. The summed E-state index contributed by atoms with van der Waals surface area (Å²) < 4.78 is 1.76. The molecule has 0 spiro atoms. The Bertz CT molecular complexity index is 560. The van der Waals surface area contributed by atoms with Gasteiger partial charge in [0, 0.05) is 37.6 Å². The van der Waals surface area contributed by atoms with Gasteiger partial charge in [-0.05, 0) is 43.2 Å². The molecule has 0 radical (unpaired) electrons. The van der Waals surface area contributed by atoms with Gasteiger partial charge >= 0.3 is 0 Å². The predicted molar refractivity (Wildman–Crippen MR) is 79.9 cm³/mol. The molecule has 5 heteroatoms. The number of amides is 1. The summed E-state index contributed by atoms with van der Waals surface area (Å²) in [4.78, 5) is 12.0. The third-order valence-corrected chi connectivity index (χ3v) is 2.99. The van der Waals surface area contributed by atoms with Gasteiger partial charge in [0.2, 0.25) is 0 Å². The molecule has 0 bridgehead atoms. The summed E-state index contributed by atoms with van der Waals surface area (Å²) in [5.74, 6) is -0.0445. The SMILES string of the molecule is CCNc1ccc(C(=O)NCCc2cnn(C)c2)cc1. The van der Waals surface area contributed by atoms with Gasteiger partial charge in [0.05, 0.1) is 6.20 Å². The third kappa shape index (κ3) is 3.85. The highest BCUT2D eigenvalue weighted by Gasteiger charge is 2.05. The summed E-state index contributed by atoms with van der Waals surface area (Å²) in [6.45, 7) is 3.52. The maximum Gasteiger partial charge on any atom is 0.251 e. The number of hydrogen-bond acceptors (Lipinski definition) is 3. The van der Waals surface area contributed by atoms with Crippen molar-refractivity contribution in [2.75, 3.05) is 18.4 Å². The number of benzene rings is 1. The maximum atomic E-state index is 12.0. The van der Waals surface area contributed by atoms with Crippen LogP contribution in [0, 0.1) is 0 Å². The topological polar surface area (TPSA) is 59.0 Å². The fourth-order valence-corrected chi connectivity index (χ4v) is 1.97. The van der Waals surface area contributed by atoms with Crippen molar-refractivity contribution in [2.45, 2.75) is 13.3 Å². The zero-order valence-corrected chi connectivity index (χ0v) is 11.9. The van der Waals surface area contributed by atoms with Gasteiger partial charge in [0.1, 0.15) is 0 Å². The predicted octanol–water partition coefficient (Wildman–Crippen LogP) is 1.82. The first-order valence-corrected chi connectivity index (χ1v) is 6.78. The molecule has 1 heterocycles. The van der Waals surface area contributed by atoms with Crippen molar-refractivity contribution in [3.8, 4) is 0 Å². The van der Waals surface area contributed by atoms with Crippen molar-refractivity contribution in [3.05, 3.63) is 47.8 Å². The molecular formula is C15H20N4O. The smallest absolute Gasteiger partial charge is 0.251 e. The number of carbonyl (C=O) groups is 1. The highest BCUT2D eigenvalue weighted by Crippen LogP contribution is 2.09. The molecule has 2 aromatic rings. The molecule has 106 valence electrons. The van der Waals surface area contributed by atoms with Crippen LogP contribution in [0.2, 0.25) is 0 Å². The highest BCUT2D eigenvalue weighted by molar-refractivity contribution is 5.94. The molecule has 0 aliphatic rings. The molecule has 0 atom stereocenters. The fraction of sp³-hybridized carbons (Fsp3) is 0.333. The summed E-state index contributed by atoms with van der Waals surface area (Å²) in [6, 6.07) is 7.49. The van der Waals surface area contributed by atoms with Crippen LogP contribution in [-0.2, 0) is 13.5 Å². The molecule has 1 amide bonds. The Kier molecular flexibility index (Phi) is 4.76. The molecule has 2 N–H and O–H groups in total. The van der Waals surface area contributed by atoms with Gasteiger partial charge in [-0.3, -0.25) is 9.48 Å². The van der Waals surface area contributed by atoms with E-state index in [9.17, 15) is 4.79 Å². The van der Waals surface area contributed by atoms with Gasteiger partial charge in [-0.15, -0.1) is 0 Å². The van der Waals surface area contributed by atoms with E-state index in [1.165, 1.54) is 0 Å². The van der Waals surface area contributed by atoms with Crippen LogP contribution in [0.4, 0.5) is 5.69 Å². The average Bonchev–Trinajstić information content (AvgIpc) is 2.85. The quantitative estimate of drug-likeness (QED) is 0.843. The minimum absolute atomic E-state index is 0.0445. The second-order valence-electron chi connectivity index (χ2n) is 4.64. The van der Waals surface area contributed by atoms with Crippen molar-refractivity contribution >= 4 is 11.6 Å². The minimum Gasteiger partial charge on any atom is -0.385 e. The van der Waals surface area contributed by atoms with E-state index in [1.807, 2.05) is 50.6 Å². The summed E-state index contributed by atoms with van der Waals surface area (Å²) in [6.07, 6.45) is 4.56. The minimum atomic E-state index is -0.0445. The normalized spacial score (nSPS) is 10.3. The first kappa shape index (κ1) is 14.1. The molecular weight excluding hydrogens is 252 g/mol. The summed E-state index contributed by atoms with van der Waals surface area (Å²) in [7, 11) is 1.88. The molecule has 0 fully saturated rings. The molecule has 1 aromatic heterocycles. The van der Waals surface area contributed by atoms with Gasteiger partial charge in [0.25, 0.3) is 5.91 Å². The van der Waals surface area contributed by atoms with Gasteiger partial charge in [-0.25, -0.2) is 0 Å². The van der Waals surface area contributed by atoms with E-state index in [1.54, 1.807) is 4.68 Å². The number of nitrogens with one attached hydrogen (secondary N) is 2. The molecule has 20 heavy (non-hydrogen) atoms. The fourth-order valence-electron chi connectivity index (χ4n) is 1.97. The molecule has 0 saturated heterocycles. The largest absolute Gasteiger partial charge is 0.385 e. The standard InChI is InChI=1S/C15H20N4O/c1-3-16-14-6-4-13(5-7-14)15(20)17-9-8-12-10-18-19(2)11-12/h4-7,10-11,16H,3,8-9H2,1-2H3,(H,17,20). The van der Waals surface area contributed by atoms with E-state index in [0.29, 0.717) is 12.1 Å². The highest BCUT2D eigenvalue weighted by atomic mass is 16.1. The first-order valence-electron chi connectivity index (χ1n) is 6.78. The Labute approximate surface area is 119 Å². The summed E-state index contributed by atoms with van der Waals surface area (Å²) in [5, 5.41) is 10.2. The van der Waals surface area contributed by atoms with Gasteiger partial charge < -0.3 is 10.6 Å². The molecule has 0 aliphatic carbocycles. The van der Waals surface area contributed by atoms with Crippen LogP contribution >= 0.6 is 0 Å². The van der Waals surface area contributed by atoms with Crippen molar-refractivity contribution in [2.24, 2.45) is 7.05 Å². The number of aromatic nitrogens is 2. The number of aryl methyl sites for hydroxylation is 1. The number of rotatable bonds is 6. The molecule has 2 rings (SSSR count). The molecule has 0 aliphatic heterocycles. The van der Waals surface area contributed by atoms with E-state index in [0.717, 1.165) is 24.2 Å². The van der Waals surface area contributed by atoms with Crippen LogP contribution < -0.4 is 10.6 Å². The Hall–Kier alpha value is -2.30. The molecule has 1 aromatic carbocycles. The van der Waals surface area contributed by atoms with Crippen LogP contribution in [0.3, 0.4) is 0 Å². The van der Waals surface area contributed by atoms with Crippen LogP contribution in [0.5, 0.6) is 0 Å². The number of carbonyl (C=O) groups excluding carboxylic acids is 1. The Morgan fingerprint density at radius 3 is 2.65 bits per heavy atom. The van der Waals surface area contributed by atoms with E-state index >= 15 is 0 Å². The van der Waals surface area contributed by atoms with Crippen LogP contribution in [0.1, 0.15) is 22.8 Å². The van der Waals surface area contributed by atoms with Crippen LogP contribution in [-0.4, -0.2) is 28.8 Å². The van der Waals surface area contributed by atoms with Gasteiger partial charge in [-0.1, -0.05) is 0 Å². The molecule has 0 saturated carbocycles. The lowest BCUT2D eigenvalue weighted by Gasteiger charge is -2.06. The van der Waals surface area contributed by atoms with E-state index < -0.39 is 0 Å².